The van der Waals surface area contributed by atoms with Gasteiger partial charge in [-0.15, -0.1) is 11.8 Å². The third-order valence-corrected chi connectivity index (χ3v) is 8.63. The van der Waals surface area contributed by atoms with Crippen LogP contribution in [0.25, 0.3) is 0 Å². The summed E-state index contributed by atoms with van der Waals surface area (Å²) in [6.45, 7) is -0.00921. The maximum Gasteiger partial charge on any atom is 0.416 e. The van der Waals surface area contributed by atoms with Gasteiger partial charge in [0.2, 0.25) is 0 Å². The van der Waals surface area contributed by atoms with Gasteiger partial charge in [0.15, 0.2) is 9.84 Å². The summed E-state index contributed by atoms with van der Waals surface area (Å²) in [5.41, 5.74) is -2.57. The molecule has 0 spiro atoms. The Labute approximate surface area is 179 Å². The second kappa shape index (κ2) is 8.32. The molecule has 2 atom stereocenters. The third kappa shape index (κ3) is 4.58. The Morgan fingerprint density at radius 2 is 1.58 bits per heavy atom. The first-order valence-corrected chi connectivity index (χ1v) is 11.8. The molecule has 0 amide bonds. The largest absolute Gasteiger partial charge is 0.416 e. The lowest BCUT2D eigenvalue weighted by Crippen LogP contribution is -2.44. The summed E-state index contributed by atoms with van der Waals surface area (Å²) >= 11 is 1.22. The van der Waals surface area contributed by atoms with Crippen molar-refractivity contribution < 1.29 is 39.5 Å². The summed E-state index contributed by atoms with van der Waals surface area (Å²) in [6.07, 6.45) is -7.88. The van der Waals surface area contributed by atoms with Gasteiger partial charge >= 0.3 is 12.4 Å². The van der Waals surface area contributed by atoms with Gasteiger partial charge in [0.25, 0.3) is 0 Å². The number of hydrogen-bond donors (Lipinski definition) is 0. The topological polar surface area (TPSA) is 43.4 Å². The fourth-order valence-electron chi connectivity index (χ4n) is 3.63. The van der Waals surface area contributed by atoms with Gasteiger partial charge in [-0.1, -0.05) is 18.2 Å². The Hall–Kier alpha value is -1.72. The second-order valence-corrected chi connectivity index (χ2v) is 10.3. The van der Waals surface area contributed by atoms with Crippen molar-refractivity contribution >= 4 is 21.6 Å². The predicted octanol–water partition coefficient (Wildman–Crippen LogP) is 5.89. The van der Waals surface area contributed by atoms with Gasteiger partial charge < -0.3 is 4.74 Å². The molecule has 1 aliphatic rings. The third-order valence-electron chi connectivity index (χ3n) is 5.29. The molecule has 3 nitrogen and oxygen atoms in total. The SMILES string of the molecule is CSC1CC(c2ccc(C(F)(F)F)cc2)(S(=O)(=O)c2cccc(C(F)(F)F)c2)CCO1. The maximum atomic E-state index is 13.7. The van der Waals surface area contributed by atoms with Crippen LogP contribution in [-0.4, -0.2) is 26.7 Å². The van der Waals surface area contributed by atoms with Gasteiger partial charge in [-0.05, 0) is 48.6 Å². The monoisotopic (exact) mass is 484 g/mol. The molecule has 0 radical (unpaired) electrons. The van der Waals surface area contributed by atoms with E-state index in [1.165, 1.54) is 11.8 Å². The van der Waals surface area contributed by atoms with Crippen molar-refractivity contribution in [2.75, 3.05) is 12.9 Å². The molecule has 0 aromatic heterocycles. The van der Waals surface area contributed by atoms with Gasteiger partial charge in [0.1, 0.15) is 10.2 Å². The fourth-order valence-corrected chi connectivity index (χ4v) is 6.58. The van der Waals surface area contributed by atoms with Gasteiger partial charge in [-0.3, -0.25) is 0 Å². The van der Waals surface area contributed by atoms with Crippen molar-refractivity contribution in [2.24, 2.45) is 0 Å². The van der Waals surface area contributed by atoms with Crippen LogP contribution in [0.3, 0.4) is 0 Å². The number of benzene rings is 2. The fraction of sp³-hybridized carbons (Fsp3) is 0.400. The van der Waals surface area contributed by atoms with Crippen LogP contribution >= 0.6 is 11.8 Å². The zero-order valence-electron chi connectivity index (χ0n) is 16.1. The van der Waals surface area contributed by atoms with Gasteiger partial charge in [0, 0.05) is 13.0 Å². The Kier molecular flexibility index (Phi) is 6.43. The molecule has 1 heterocycles. The molecular weight excluding hydrogens is 466 g/mol. The lowest BCUT2D eigenvalue weighted by molar-refractivity contribution is -0.138. The number of alkyl halides is 6. The molecule has 0 N–H and O–H groups in total. The average molecular weight is 484 g/mol. The first-order chi connectivity index (χ1) is 14.3. The summed E-state index contributed by atoms with van der Waals surface area (Å²) in [5.74, 6) is 0. The van der Waals surface area contributed by atoms with E-state index in [1.54, 1.807) is 6.26 Å². The zero-order chi connectivity index (χ0) is 23.1. The minimum absolute atomic E-state index is 0.00921. The van der Waals surface area contributed by atoms with Crippen LogP contribution in [0.1, 0.15) is 29.5 Å². The van der Waals surface area contributed by atoms with E-state index in [-0.39, 0.29) is 25.0 Å². The first kappa shape index (κ1) is 23.9. The normalized spacial score (nSPS) is 23.0. The summed E-state index contributed by atoms with van der Waals surface area (Å²) in [5, 5.41) is 0. The van der Waals surface area contributed by atoms with E-state index in [4.69, 9.17) is 4.74 Å². The molecule has 3 rings (SSSR count). The van der Waals surface area contributed by atoms with Gasteiger partial charge in [0.05, 0.1) is 16.0 Å². The summed E-state index contributed by atoms with van der Waals surface area (Å²) in [7, 11) is -4.43. The molecular formula is C20H18F6O3S2. The highest BCUT2D eigenvalue weighted by atomic mass is 32.2. The molecule has 11 heteroatoms. The molecule has 0 aliphatic carbocycles. The smallest absolute Gasteiger partial charge is 0.367 e. The summed E-state index contributed by atoms with van der Waals surface area (Å²) < 4.78 is 110. The number of hydrogen-bond acceptors (Lipinski definition) is 4. The van der Waals surface area contributed by atoms with Crippen LogP contribution in [-0.2, 0) is 31.7 Å². The summed E-state index contributed by atoms with van der Waals surface area (Å²) in [6, 6.07) is 7.11. The van der Waals surface area contributed by atoms with E-state index in [2.05, 4.69) is 0 Å². The molecule has 0 saturated carbocycles. The van der Waals surface area contributed by atoms with Crippen LogP contribution < -0.4 is 0 Å². The minimum atomic E-state index is -4.75. The Bertz CT molecular complexity index is 1030. The number of halogens is 6. The van der Waals surface area contributed by atoms with Crippen molar-refractivity contribution in [2.45, 2.75) is 40.3 Å². The van der Waals surface area contributed by atoms with E-state index in [1.807, 2.05) is 0 Å². The second-order valence-electron chi connectivity index (χ2n) is 7.09. The van der Waals surface area contributed by atoms with E-state index < -0.39 is 48.4 Å². The quantitative estimate of drug-likeness (QED) is 0.508. The molecule has 170 valence electrons. The molecule has 1 aliphatic heterocycles. The maximum absolute atomic E-state index is 13.7. The molecule has 0 bridgehead atoms. The van der Waals surface area contributed by atoms with E-state index >= 15 is 0 Å². The highest BCUT2D eigenvalue weighted by molar-refractivity contribution is 7.99. The van der Waals surface area contributed by atoms with E-state index in [0.717, 1.165) is 42.5 Å². The van der Waals surface area contributed by atoms with Crippen LogP contribution in [0.15, 0.2) is 53.4 Å². The lowest BCUT2D eigenvalue weighted by atomic mass is 9.89. The van der Waals surface area contributed by atoms with Crippen molar-refractivity contribution in [1.82, 2.24) is 0 Å². The van der Waals surface area contributed by atoms with Crippen molar-refractivity contribution in [3.63, 3.8) is 0 Å². The number of sulfone groups is 1. The molecule has 1 fully saturated rings. The molecule has 2 unspecified atom stereocenters. The number of ether oxygens (including phenoxy) is 1. The Morgan fingerprint density at radius 1 is 0.968 bits per heavy atom. The van der Waals surface area contributed by atoms with E-state index in [0.29, 0.717) is 6.07 Å². The highest BCUT2D eigenvalue weighted by Crippen LogP contribution is 2.48. The highest BCUT2D eigenvalue weighted by Gasteiger charge is 2.50. The van der Waals surface area contributed by atoms with Gasteiger partial charge in [-0.2, -0.15) is 26.3 Å². The molecule has 31 heavy (non-hydrogen) atoms. The van der Waals surface area contributed by atoms with Crippen molar-refractivity contribution in [1.29, 1.82) is 0 Å². The number of thioether (sulfide) groups is 1. The average Bonchev–Trinajstić information content (AvgIpc) is 2.72. The molecule has 2 aromatic rings. The zero-order valence-corrected chi connectivity index (χ0v) is 17.8. The van der Waals surface area contributed by atoms with Crippen molar-refractivity contribution in [3.8, 4) is 0 Å². The Balaban J connectivity index is 2.18. The van der Waals surface area contributed by atoms with Crippen LogP contribution in [0.2, 0.25) is 0 Å². The first-order valence-electron chi connectivity index (χ1n) is 9.05. The van der Waals surface area contributed by atoms with Crippen LogP contribution in [0.4, 0.5) is 26.3 Å². The predicted molar refractivity (Wildman–Crippen MR) is 104 cm³/mol. The minimum Gasteiger partial charge on any atom is -0.367 e. The molecule has 1 saturated heterocycles. The van der Waals surface area contributed by atoms with Gasteiger partial charge in [-0.25, -0.2) is 8.42 Å². The standard InChI is InChI=1S/C20H18F6O3S2/c1-30-17-12-18(9-10-29-17,13-5-7-14(8-6-13)19(21,22)23)31(27,28)16-4-2-3-15(11-16)20(24,25)26/h2-8,11,17H,9-10,12H2,1H3. The lowest BCUT2D eigenvalue weighted by Gasteiger charge is -2.40. The molecule has 2 aromatic carbocycles. The van der Waals surface area contributed by atoms with Crippen molar-refractivity contribution in [3.05, 3.63) is 65.2 Å². The van der Waals surface area contributed by atoms with E-state index in [9.17, 15) is 34.8 Å². The van der Waals surface area contributed by atoms with Crippen LogP contribution in [0.5, 0.6) is 0 Å². The Morgan fingerprint density at radius 3 is 2.13 bits per heavy atom. The number of rotatable bonds is 4. The van der Waals surface area contributed by atoms with Crippen LogP contribution in [0, 0.1) is 0 Å². The summed E-state index contributed by atoms with van der Waals surface area (Å²) in [4.78, 5) is -0.538.